The van der Waals surface area contributed by atoms with Crippen molar-refractivity contribution in [2.75, 3.05) is 18.6 Å². The lowest BCUT2D eigenvalue weighted by Crippen LogP contribution is -2.45. The van der Waals surface area contributed by atoms with Gasteiger partial charge in [-0.3, -0.25) is 4.79 Å². The Kier molecular flexibility index (Phi) is 6.28. The van der Waals surface area contributed by atoms with Crippen molar-refractivity contribution < 1.29 is 13.2 Å². The van der Waals surface area contributed by atoms with Gasteiger partial charge in [-0.05, 0) is 39.2 Å². The molecule has 2 atom stereocenters. The maximum atomic E-state index is 12.4. The molecule has 2 fully saturated rings. The zero-order valence-electron chi connectivity index (χ0n) is 12.2. The van der Waals surface area contributed by atoms with Gasteiger partial charge in [0.2, 0.25) is 5.91 Å². The van der Waals surface area contributed by atoms with Gasteiger partial charge in [0, 0.05) is 30.8 Å². The minimum atomic E-state index is -3.04. The Hall–Kier alpha value is -0.330. The van der Waals surface area contributed by atoms with Crippen molar-refractivity contribution >= 4 is 28.2 Å². The molecule has 1 N–H and O–H groups in total. The minimum absolute atomic E-state index is 0. The third-order valence-electron chi connectivity index (χ3n) is 3.83. The van der Waals surface area contributed by atoms with Gasteiger partial charge in [0.1, 0.15) is 9.84 Å². The normalized spacial score (nSPS) is 24.0. The van der Waals surface area contributed by atoms with Crippen molar-refractivity contribution in [3.8, 4) is 0 Å². The zero-order valence-corrected chi connectivity index (χ0v) is 13.8. The van der Waals surface area contributed by atoms with Crippen molar-refractivity contribution in [1.29, 1.82) is 0 Å². The summed E-state index contributed by atoms with van der Waals surface area (Å²) in [6.45, 7) is 2.83. The fourth-order valence-corrected chi connectivity index (χ4v) is 3.96. The largest absolute Gasteiger partial charge is 0.336 e. The van der Waals surface area contributed by atoms with Crippen LogP contribution in [0.5, 0.6) is 0 Å². The summed E-state index contributed by atoms with van der Waals surface area (Å²) in [7, 11) is -3.04. The number of halogens is 1. The summed E-state index contributed by atoms with van der Waals surface area (Å²) in [5.41, 5.74) is 0. The molecular formula is C13H25ClN2O3S. The highest BCUT2D eigenvalue weighted by Crippen LogP contribution is 2.30. The Labute approximate surface area is 127 Å². The van der Waals surface area contributed by atoms with Crippen LogP contribution < -0.4 is 5.32 Å². The number of rotatable bonds is 6. The molecule has 0 aromatic rings. The van der Waals surface area contributed by atoms with E-state index < -0.39 is 9.84 Å². The molecule has 2 aliphatic rings. The smallest absolute Gasteiger partial charge is 0.224 e. The van der Waals surface area contributed by atoms with Gasteiger partial charge in [-0.1, -0.05) is 0 Å². The molecule has 0 bridgehead atoms. The molecule has 1 saturated heterocycles. The Morgan fingerprint density at radius 2 is 2.00 bits per heavy atom. The quantitative estimate of drug-likeness (QED) is 0.791. The number of nitrogens with zero attached hydrogens (tertiary/aromatic N) is 1. The molecule has 1 amide bonds. The highest BCUT2D eigenvalue weighted by atomic mass is 35.5. The number of hydrogen-bond acceptors (Lipinski definition) is 4. The van der Waals surface area contributed by atoms with Crippen LogP contribution in [-0.2, 0) is 14.6 Å². The van der Waals surface area contributed by atoms with Crippen molar-refractivity contribution in [2.24, 2.45) is 0 Å². The Morgan fingerprint density at radius 3 is 2.45 bits per heavy atom. The SMILES string of the molecule is CC(CS(C)(=O)=O)N(C(=O)CC1CCCN1)C1CC1.Cl. The van der Waals surface area contributed by atoms with E-state index in [1.165, 1.54) is 6.26 Å². The van der Waals surface area contributed by atoms with Crippen LogP contribution in [0, 0.1) is 0 Å². The van der Waals surface area contributed by atoms with Crippen LogP contribution in [0.25, 0.3) is 0 Å². The summed E-state index contributed by atoms with van der Waals surface area (Å²) in [5, 5.41) is 3.32. The molecule has 20 heavy (non-hydrogen) atoms. The van der Waals surface area contributed by atoms with Crippen LogP contribution in [0.15, 0.2) is 0 Å². The fraction of sp³-hybridized carbons (Fsp3) is 0.923. The topological polar surface area (TPSA) is 66.5 Å². The van der Waals surface area contributed by atoms with E-state index in [4.69, 9.17) is 0 Å². The van der Waals surface area contributed by atoms with Crippen LogP contribution in [0.2, 0.25) is 0 Å². The predicted molar refractivity (Wildman–Crippen MR) is 81.9 cm³/mol. The van der Waals surface area contributed by atoms with Crippen molar-refractivity contribution in [1.82, 2.24) is 10.2 Å². The van der Waals surface area contributed by atoms with Gasteiger partial charge in [-0.2, -0.15) is 0 Å². The number of carbonyl (C=O) groups excluding carboxylic acids is 1. The second-order valence-electron chi connectivity index (χ2n) is 5.97. The molecule has 7 heteroatoms. The van der Waals surface area contributed by atoms with Crippen molar-refractivity contribution in [3.63, 3.8) is 0 Å². The van der Waals surface area contributed by atoms with E-state index in [9.17, 15) is 13.2 Å². The summed E-state index contributed by atoms with van der Waals surface area (Å²) >= 11 is 0. The lowest BCUT2D eigenvalue weighted by Gasteiger charge is -2.30. The summed E-state index contributed by atoms with van der Waals surface area (Å²) in [4.78, 5) is 14.2. The van der Waals surface area contributed by atoms with Gasteiger partial charge in [0.25, 0.3) is 0 Å². The van der Waals surface area contributed by atoms with E-state index >= 15 is 0 Å². The number of nitrogens with one attached hydrogen (secondary N) is 1. The molecule has 0 aromatic carbocycles. The maximum absolute atomic E-state index is 12.4. The molecule has 1 heterocycles. The van der Waals surface area contributed by atoms with Crippen molar-refractivity contribution in [2.45, 2.75) is 57.2 Å². The van der Waals surface area contributed by atoms with Gasteiger partial charge in [-0.25, -0.2) is 8.42 Å². The molecule has 5 nitrogen and oxygen atoms in total. The average Bonchev–Trinajstić information content (AvgIpc) is 2.93. The maximum Gasteiger partial charge on any atom is 0.224 e. The molecule has 2 unspecified atom stereocenters. The molecule has 0 aromatic heterocycles. The van der Waals surface area contributed by atoms with Gasteiger partial charge < -0.3 is 10.2 Å². The van der Waals surface area contributed by atoms with Crippen LogP contribution in [0.3, 0.4) is 0 Å². The third-order valence-corrected chi connectivity index (χ3v) is 4.92. The monoisotopic (exact) mass is 324 g/mol. The van der Waals surface area contributed by atoms with E-state index in [2.05, 4.69) is 5.32 Å². The van der Waals surface area contributed by atoms with Gasteiger partial charge in [0.05, 0.1) is 5.75 Å². The van der Waals surface area contributed by atoms with E-state index in [0.717, 1.165) is 32.2 Å². The van der Waals surface area contributed by atoms with E-state index in [-0.39, 0.29) is 42.2 Å². The molecule has 1 saturated carbocycles. The summed E-state index contributed by atoms with van der Waals surface area (Å²) in [6, 6.07) is 0.334. The lowest BCUT2D eigenvalue weighted by atomic mass is 10.1. The van der Waals surface area contributed by atoms with E-state index in [1.54, 1.807) is 0 Å². The first kappa shape index (κ1) is 17.7. The summed E-state index contributed by atoms with van der Waals surface area (Å²) in [6.07, 6.45) is 5.93. The van der Waals surface area contributed by atoms with E-state index in [1.807, 2.05) is 11.8 Å². The van der Waals surface area contributed by atoms with Gasteiger partial charge in [0.15, 0.2) is 0 Å². The van der Waals surface area contributed by atoms with Crippen molar-refractivity contribution in [3.05, 3.63) is 0 Å². The van der Waals surface area contributed by atoms with Crippen LogP contribution in [0.1, 0.15) is 39.0 Å². The molecule has 2 rings (SSSR count). The van der Waals surface area contributed by atoms with Gasteiger partial charge in [-0.15, -0.1) is 12.4 Å². The second-order valence-corrected chi connectivity index (χ2v) is 8.16. The highest BCUT2D eigenvalue weighted by molar-refractivity contribution is 7.90. The standard InChI is InChI=1S/C13H24N2O3S.ClH/c1-10(9-19(2,17)18)15(12-5-6-12)13(16)8-11-4-3-7-14-11;/h10-12,14H,3-9H2,1-2H3;1H. The molecular weight excluding hydrogens is 300 g/mol. The molecule has 118 valence electrons. The molecule has 0 spiro atoms. The van der Waals surface area contributed by atoms with Gasteiger partial charge >= 0.3 is 0 Å². The minimum Gasteiger partial charge on any atom is -0.336 e. The van der Waals surface area contributed by atoms with Crippen LogP contribution >= 0.6 is 12.4 Å². The summed E-state index contributed by atoms with van der Waals surface area (Å²) < 4.78 is 22.8. The zero-order chi connectivity index (χ0) is 14.0. The summed E-state index contributed by atoms with van der Waals surface area (Å²) in [5.74, 6) is 0.172. The Bertz CT molecular complexity index is 431. The number of carbonyl (C=O) groups is 1. The highest BCUT2D eigenvalue weighted by Gasteiger charge is 2.37. The second kappa shape index (κ2) is 7.09. The average molecular weight is 325 g/mol. The number of hydrogen-bond donors (Lipinski definition) is 1. The fourth-order valence-electron chi connectivity index (χ4n) is 2.93. The van der Waals surface area contributed by atoms with Crippen LogP contribution in [-0.4, -0.2) is 55.9 Å². The lowest BCUT2D eigenvalue weighted by molar-refractivity contribution is -0.133. The first-order chi connectivity index (χ1) is 8.87. The van der Waals surface area contributed by atoms with E-state index in [0.29, 0.717) is 6.42 Å². The molecule has 1 aliphatic heterocycles. The number of amides is 1. The first-order valence-electron chi connectivity index (χ1n) is 7.09. The third kappa shape index (κ3) is 5.22. The Morgan fingerprint density at radius 1 is 1.35 bits per heavy atom. The van der Waals surface area contributed by atoms with Crippen LogP contribution in [0.4, 0.5) is 0 Å². The first-order valence-corrected chi connectivity index (χ1v) is 9.15. The molecule has 1 aliphatic carbocycles. The predicted octanol–water partition coefficient (Wildman–Crippen LogP) is 0.974. The Balaban J connectivity index is 0.00000200. The number of sulfone groups is 1. The molecule has 0 radical (unpaired) electrons.